The van der Waals surface area contributed by atoms with E-state index in [0.717, 1.165) is 67.0 Å². The van der Waals surface area contributed by atoms with Gasteiger partial charge in [-0.15, -0.1) is 0 Å². The Morgan fingerprint density at radius 2 is 1.76 bits per heavy atom. The van der Waals surface area contributed by atoms with Crippen LogP contribution in [-0.4, -0.2) is 60.0 Å². The Morgan fingerprint density at radius 3 is 2.46 bits per heavy atom. The van der Waals surface area contributed by atoms with E-state index in [-0.39, 0.29) is 31.1 Å². The van der Waals surface area contributed by atoms with Gasteiger partial charge in [0.05, 0.1) is 13.7 Å². The van der Waals surface area contributed by atoms with Crippen LogP contribution in [0.4, 0.5) is 10.6 Å². The average Bonchev–Trinajstić information content (AvgIpc) is 3.82. The van der Waals surface area contributed by atoms with E-state index in [2.05, 4.69) is 30.4 Å². The summed E-state index contributed by atoms with van der Waals surface area (Å²) in [6.45, 7) is 2.74. The van der Waals surface area contributed by atoms with Gasteiger partial charge in [-0.3, -0.25) is 9.69 Å². The number of methoxy groups -OCH3 is 1. The van der Waals surface area contributed by atoms with Crippen molar-refractivity contribution in [3.05, 3.63) is 59.8 Å². The number of carbonyl (C=O) groups is 2. The lowest BCUT2D eigenvalue weighted by Gasteiger charge is -2.35. The first-order chi connectivity index (χ1) is 22.4. The number of aryl methyl sites for hydroxylation is 1. The smallest absolute Gasteiger partial charge is 0.407 e. The molecule has 3 aromatic rings. The maximum absolute atomic E-state index is 14.3. The van der Waals surface area contributed by atoms with Crippen LogP contribution in [0.5, 0.6) is 5.75 Å². The van der Waals surface area contributed by atoms with Gasteiger partial charge in [0.15, 0.2) is 5.89 Å². The molecule has 246 valence electrons. The lowest BCUT2D eigenvalue weighted by atomic mass is 9.78. The first-order valence-electron chi connectivity index (χ1n) is 16.8. The lowest BCUT2D eigenvalue weighted by Crippen LogP contribution is -2.42. The minimum Gasteiger partial charge on any atom is -0.496 e. The number of aliphatic hydroxyl groups excluding tert-OH is 1. The standard InChI is InChI=1S/C36H46N4O6/c1-23-19-28(11-14-32(23)44-2)25-5-3-24(4-6-25)21-40(35(42)27-9-12-30(13-10-27)46-36(43)38-17-18-41)33-20-29(15-16-37-33)31-22-45-34(39-31)26-7-8-26/h11,14-16,19-20,22,24-27,30,41H,3-10,12-13,17-18,21H2,1-2H3,(H,38,43)/t24-,25-,27?,30?. The summed E-state index contributed by atoms with van der Waals surface area (Å²) in [7, 11) is 1.71. The molecule has 3 fully saturated rings. The first kappa shape index (κ1) is 32.0. The number of rotatable bonds is 11. The highest BCUT2D eigenvalue weighted by Gasteiger charge is 2.34. The second-order valence-electron chi connectivity index (χ2n) is 13.2. The molecule has 2 N–H and O–H groups in total. The maximum atomic E-state index is 14.3. The molecule has 0 saturated heterocycles. The number of amides is 2. The minimum absolute atomic E-state index is 0.0829. The van der Waals surface area contributed by atoms with E-state index in [4.69, 9.17) is 29.0 Å². The zero-order valence-electron chi connectivity index (χ0n) is 27.0. The van der Waals surface area contributed by atoms with E-state index in [1.54, 1.807) is 19.6 Å². The zero-order valence-corrected chi connectivity index (χ0v) is 27.0. The van der Waals surface area contributed by atoms with Crippen LogP contribution >= 0.6 is 0 Å². The van der Waals surface area contributed by atoms with Crippen molar-refractivity contribution in [3.63, 3.8) is 0 Å². The van der Waals surface area contributed by atoms with Crippen LogP contribution in [0.3, 0.4) is 0 Å². The molecule has 2 aromatic heterocycles. The van der Waals surface area contributed by atoms with Gasteiger partial charge >= 0.3 is 6.09 Å². The molecule has 0 bridgehead atoms. The van der Waals surface area contributed by atoms with Crippen molar-refractivity contribution in [2.24, 2.45) is 11.8 Å². The highest BCUT2D eigenvalue weighted by Crippen LogP contribution is 2.41. The highest BCUT2D eigenvalue weighted by atomic mass is 16.6. The van der Waals surface area contributed by atoms with E-state index < -0.39 is 6.09 Å². The molecule has 0 unspecified atom stereocenters. The third-order valence-corrected chi connectivity index (χ3v) is 9.89. The van der Waals surface area contributed by atoms with Gasteiger partial charge in [-0.25, -0.2) is 14.8 Å². The van der Waals surface area contributed by atoms with Crippen LogP contribution in [0.2, 0.25) is 0 Å². The molecule has 10 nitrogen and oxygen atoms in total. The summed E-state index contributed by atoms with van der Waals surface area (Å²) in [4.78, 5) is 37.6. The first-order valence-corrected chi connectivity index (χ1v) is 16.8. The number of hydrogen-bond acceptors (Lipinski definition) is 8. The molecular formula is C36H46N4O6. The van der Waals surface area contributed by atoms with Crippen molar-refractivity contribution in [2.75, 3.05) is 31.7 Å². The Morgan fingerprint density at radius 1 is 1.00 bits per heavy atom. The number of hydrogen-bond donors (Lipinski definition) is 2. The van der Waals surface area contributed by atoms with E-state index in [9.17, 15) is 9.59 Å². The summed E-state index contributed by atoms with van der Waals surface area (Å²) < 4.78 is 16.7. The van der Waals surface area contributed by atoms with Gasteiger partial charge in [-0.2, -0.15) is 0 Å². The summed E-state index contributed by atoms with van der Waals surface area (Å²) in [5, 5.41) is 11.5. The summed E-state index contributed by atoms with van der Waals surface area (Å²) in [5.74, 6) is 3.56. The lowest BCUT2D eigenvalue weighted by molar-refractivity contribution is -0.124. The molecule has 0 spiro atoms. The van der Waals surface area contributed by atoms with E-state index in [1.165, 1.54) is 5.56 Å². The van der Waals surface area contributed by atoms with Crippen molar-refractivity contribution in [1.82, 2.24) is 15.3 Å². The number of oxazole rings is 1. The molecule has 0 radical (unpaired) electrons. The summed E-state index contributed by atoms with van der Waals surface area (Å²) in [6, 6.07) is 10.4. The van der Waals surface area contributed by atoms with Gasteiger partial charge in [-0.05, 0) is 112 Å². The number of carbonyl (C=O) groups excluding carboxylic acids is 2. The second-order valence-corrected chi connectivity index (χ2v) is 13.2. The molecule has 10 heteroatoms. The number of benzene rings is 1. The summed E-state index contributed by atoms with van der Waals surface area (Å²) in [6.07, 6.45) is 11.7. The van der Waals surface area contributed by atoms with E-state index in [0.29, 0.717) is 55.8 Å². The Kier molecular flexibility index (Phi) is 10.2. The molecule has 1 aromatic carbocycles. The van der Waals surface area contributed by atoms with Gasteiger partial charge in [-0.1, -0.05) is 12.1 Å². The fourth-order valence-electron chi connectivity index (χ4n) is 7.05. The minimum atomic E-state index is -0.524. The molecule has 6 rings (SSSR count). The number of anilines is 1. The van der Waals surface area contributed by atoms with Gasteiger partial charge in [0.25, 0.3) is 0 Å². The molecule has 3 aliphatic rings. The Hall–Kier alpha value is -3.92. The predicted molar refractivity (Wildman–Crippen MR) is 174 cm³/mol. The topological polar surface area (TPSA) is 127 Å². The van der Waals surface area contributed by atoms with Crippen LogP contribution in [0.15, 0.2) is 47.2 Å². The number of nitrogens with one attached hydrogen (secondary N) is 1. The predicted octanol–water partition coefficient (Wildman–Crippen LogP) is 6.52. The maximum Gasteiger partial charge on any atom is 0.407 e. The Bertz CT molecular complexity index is 1490. The normalized spacial score (nSPS) is 23.0. The van der Waals surface area contributed by atoms with Crippen LogP contribution in [0.25, 0.3) is 11.3 Å². The number of nitrogens with zero attached hydrogens (tertiary/aromatic N) is 3. The number of aliphatic hydroxyl groups is 1. The monoisotopic (exact) mass is 630 g/mol. The van der Waals surface area contributed by atoms with Crippen LogP contribution in [-0.2, 0) is 9.53 Å². The Balaban J connectivity index is 1.15. The molecule has 2 amide bonds. The number of pyridine rings is 1. The quantitative estimate of drug-likeness (QED) is 0.245. The van der Waals surface area contributed by atoms with Crippen molar-refractivity contribution in [2.45, 2.75) is 89.1 Å². The summed E-state index contributed by atoms with van der Waals surface area (Å²) >= 11 is 0. The third-order valence-electron chi connectivity index (χ3n) is 9.89. The van der Waals surface area contributed by atoms with Crippen LogP contribution < -0.4 is 15.0 Å². The molecule has 46 heavy (non-hydrogen) atoms. The van der Waals surface area contributed by atoms with Crippen molar-refractivity contribution < 1.29 is 28.6 Å². The fraction of sp³-hybridized carbons (Fsp3) is 0.556. The van der Waals surface area contributed by atoms with Gasteiger partial charge in [0, 0.05) is 36.7 Å². The fourth-order valence-corrected chi connectivity index (χ4v) is 7.05. The van der Waals surface area contributed by atoms with Gasteiger partial charge < -0.3 is 24.3 Å². The largest absolute Gasteiger partial charge is 0.496 e. The SMILES string of the molecule is COc1ccc([C@H]2CC[C@H](CN(C(=O)C3CCC(OC(=O)NCCO)CC3)c3cc(-c4coc(C5CC5)n4)ccn3)CC2)cc1C. The molecule has 3 aliphatic carbocycles. The molecule has 0 atom stereocenters. The van der Waals surface area contributed by atoms with Crippen LogP contribution in [0.1, 0.15) is 93.1 Å². The van der Waals surface area contributed by atoms with Crippen molar-refractivity contribution >= 4 is 17.8 Å². The molecule has 2 heterocycles. The second kappa shape index (κ2) is 14.7. The van der Waals surface area contributed by atoms with Crippen LogP contribution in [0, 0.1) is 18.8 Å². The average molecular weight is 631 g/mol. The molecule has 0 aliphatic heterocycles. The number of aromatic nitrogens is 2. The molecule has 3 saturated carbocycles. The van der Waals surface area contributed by atoms with Gasteiger partial charge in [0.2, 0.25) is 5.91 Å². The summed E-state index contributed by atoms with van der Waals surface area (Å²) in [5.41, 5.74) is 4.18. The number of alkyl carbamates (subject to hydrolysis) is 1. The van der Waals surface area contributed by atoms with Crippen molar-refractivity contribution in [3.8, 4) is 17.0 Å². The van der Waals surface area contributed by atoms with Gasteiger partial charge in [0.1, 0.15) is 29.6 Å². The third kappa shape index (κ3) is 7.71. The highest BCUT2D eigenvalue weighted by molar-refractivity contribution is 5.94. The Labute approximate surface area is 270 Å². The van der Waals surface area contributed by atoms with E-state index >= 15 is 0 Å². The molecular weight excluding hydrogens is 584 g/mol. The van der Waals surface area contributed by atoms with E-state index in [1.807, 2.05) is 17.0 Å². The zero-order chi connectivity index (χ0) is 32.0. The van der Waals surface area contributed by atoms with Crippen molar-refractivity contribution in [1.29, 1.82) is 0 Å². The number of ether oxygens (including phenoxy) is 2.